The Bertz CT molecular complexity index is 574. The lowest BCUT2D eigenvalue weighted by molar-refractivity contribution is 0.854. The molecule has 3 nitrogen and oxygen atoms in total. The van der Waals surface area contributed by atoms with Crippen LogP contribution in [0.3, 0.4) is 0 Å². The van der Waals surface area contributed by atoms with E-state index < -0.39 is 0 Å². The number of fused-ring (bicyclic) bond motifs is 1. The summed E-state index contributed by atoms with van der Waals surface area (Å²) in [5, 5.41) is 5.10. The lowest BCUT2D eigenvalue weighted by Crippen LogP contribution is -2.08. The van der Waals surface area contributed by atoms with Crippen molar-refractivity contribution in [1.29, 1.82) is 0 Å². The highest BCUT2D eigenvalue weighted by Gasteiger charge is 2.06. The fraction of sp³-hybridized carbons (Fsp3) is 0.357. The van der Waals surface area contributed by atoms with Crippen LogP contribution in [-0.4, -0.2) is 23.0 Å². The Morgan fingerprint density at radius 3 is 3.00 bits per heavy atom. The van der Waals surface area contributed by atoms with Gasteiger partial charge in [-0.2, -0.15) is 11.8 Å². The molecule has 0 aliphatic carbocycles. The lowest BCUT2D eigenvalue weighted by atomic mass is 10.1. The predicted molar refractivity (Wildman–Crippen MR) is 89.9 cm³/mol. The van der Waals surface area contributed by atoms with E-state index >= 15 is 0 Å². The average molecular weight is 340 g/mol. The number of hydrogen-bond donors (Lipinski definition) is 2. The number of pyridine rings is 1. The molecule has 0 fully saturated rings. The highest BCUT2D eigenvalue weighted by molar-refractivity contribution is 9.10. The summed E-state index contributed by atoms with van der Waals surface area (Å²) in [7, 11) is 0. The van der Waals surface area contributed by atoms with E-state index in [9.17, 15) is 0 Å². The van der Waals surface area contributed by atoms with Crippen LogP contribution in [0.4, 0.5) is 11.4 Å². The van der Waals surface area contributed by atoms with Crippen LogP contribution in [0.5, 0.6) is 0 Å². The monoisotopic (exact) mass is 339 g/mol. The van der Waals surface area contributed by atoms with E-state index in [1.165, 1.54) is 0 Å². The Kier molecular flexibility index (Phi) is 4.93. The van der Waals surface area contributed by atoms with Gasteiger partial charge in [0.15, 0.2) is 0 Å². The fourth-order valence-electron chi connectivity index (χ4n) is 1.89. The predicted octanol–water partition coefficient (Wildman–Crippen LogP) is 4.13. The zero-order valence-corrected chi connectivity index (χ0v) is 13.5. The molecule has 19 heavy (non-hydrogen) atoms. The molecule has 5 heteroatoms. The quantitative estimate of drug-likeness (QED) is 0.804. The van der Waals surface area contributed by atoms with Crippen LogP contribution in [0.2, 0.25) is 0 Å². The first kappa shape index (κ1) is 14.5. The third-order valence-corrected chi connectivity index (χ3v) is 4.59. The van der Waals surface area contributed by atoms with Crippen molar-refractivity contribution >= 4 is 50.0 Å². The van der Waals surface area contributed by atoms with Gasteiger partial charge in [0, 0.05) is 33.5 Å². The number of nitrogens with two attached hydrogens (primary N) is 1. The van der Waals surface area contributed by atoms with Crippen molar-refractivity contribution in [2.24, 2.45) is 0 Å². The molecule has 102 valence electrons. The van der Waals surface area contributed by atoms with E-state index in [2.05, 4.69) is 39.4 Å². The number of rotatable bonds is 5. The van der Waals surface area contributed by atoms with Gasteiger partial charge in [-0.1, -0.05) is 6.92 Å². The van der Waals surface area contributed by atoms with Gasteiger partial charge >= 0.3 is 0 Å². The van der Waals surface area contributed by atoms with Crippen molar-refractivity contribution in [2.45, 2.75) is 18.6 Å². The van der Waals surface area contributed by atoms with Gasteiger partial charge in [-0.3, -0.25) is 4.98 Å². The number of halogens is 1. The highest BCUT2D eigenvalue weighted by atomic mass is 79.9. The molecule has 1 aromatic heterocycles. The molecule has 3 N–H and O–H groups in total. The molecular formula is C14H18BrN3S. The number of aromatic nitrogens is 1. The molecule has 0 bridgehead atoms. The smallest absolute Gasteiger partial charge is 0.0954 e. The molecule has 1 unspecified atom stereocenters. The van der Waals surface area contributed by atoms with Crippen molar-refractivity contribution in [3.8, 4) is 0 Å². The maximum atomic E-state index is 6.00. The van der Waals surface area contributed by atoms with Gasteiger partial charge in [0.25, 0.3) is 0 Å². The Hall–Kier alpha value is -0.940. The number of benzene rings is 1. The molecule has 1 aromatic carbocycles. The minimum Gasteiger partial charge on any atom is -0.398 e. The number of thioether (sulfide) groups is 1. The van der Waals surface area contributed by atoms with Crippen LogP contribution < -0.4 is 11.1 Å². The summed E-state index contributed by atoms with van der Waals surface area (Å²) in [5.74, 6) is 0. The summed E-state index contributed by atoms with van der Waals surface area (Å²) in [6.45, 7) is 3.18. The van der Waals surface area contributed by atoms with Crippen molar-refractivity contribution in [1.82, 2.24) is 4.98 Å². The number of anilines is 2. The van der Waals surface area contributed by atoms with E-state index in [-0.39, 0.29) is 0 Å². The molecule has 0 radical (unpaired) electrons. The van der Waals surface area contributed by atoms with Crippen molar-refractivity contribution in [3.63, 3.8) is 0 Å². The first-order valence-electron chi connectivity index (χ1n) is 6.22. The Morgan fingerprint density at radius 1 is 1.47 bits per heavy atom. The minimum atomic E-state index is 0.662. The van der Waals surface area contributed by atoms with Crippen molar-refractivity contribution in [2.75, 3.05) is 23.9 Å². The van der Waals surface area contributed by atoms with E-state index in [4.69, 9.17) is 5.73 Å². The molecule has 0 amide bonds. The summed E-state index contributed by atoms with van der Waals surface area (Å²) < 4.78 is 0.944. The third-order valence-electron chi connectivity index (χ3n) is 3.12. The Balaban J connectivity index is 2.22. The molecule has 1 atom stereocenters. The maximum Gasteiger partial charge on any atom is 0.0954 e. The molecule has 0 saturated heterocycles. The normalized spacial score (nSPS) is 12.6. The van der Waals surface area contributed by atoms with E-state index in [1.807, 2.05) is 30.0 Å². The summed E-state index contributed by atoms with van der Waals surface area (Å²) in [4.78, 5) is 4.46. The fourth-order valence-corrected chi connectivity index (χ4v) is 2.57. The second-order valence-corrected chi connectivity index (χ2v) is 6.71. The van der Waals surface area contributed by atoms with Crippen molar-refractivity contribution < 1.29 is 0 Å². The molecule has 0 saturated carbocycles. The highest BCUT2D eigenvalue weighted by Crippen LogP contribution is 2.28. The number of nitrogen functional groups attached to an aromatic ring is 1. The minimum absolute atomic E-state index is 0.662. The number of nitrogens with one attached hydrogen (secondary N) is 1. The Morgan fingerprint density at radius 2 is 2.26 bits per heavy atom. The van der Waals surface area contributed by atoms with Crippen LogP contribution in [0.1, 0.15) is 13.3 Å². The summed E-state index contributed by atoms with van der Waals surface area (Å²) in [6, 6.07) is 5.94. The molecule has 1 heterocycles. The van der Waals surface area contributed by atoms with Gasteiger partial charge in [-0.05, 0) is 46.8 Å². The average Bonchev–Trinajstić information content (AvgIpc) is 2.41. The largest absolute Gasteiger partial charge is 0.398 e. The van der Waals surface area contributed by atoms with Gasteiger partial charge in [-0.15, -0.1) is 0 Å². The van der Waals surface area contributed by atoms with Gasteiger partial charge in [-0.25, -0.2) is 0 Å². The zero-order chi connectivity index (χ0) is 13.8. The van der Waals surface area contributed by atoms with Gasteiger partial charge < -0.3 is 11.1 Å². The van der Waals surface area contributed by atoms with E-state index in [1.54, 1.807) is 6.20 Å². The Labute approximate surface area is 126 Å². The molecular weight excluding hydrogens is 322 g/mol. The summed E-state index contributed by atoms with van der Waals surface area (Å²) in [5.41, 5.74) is 8.73. The molecule has 0 aliphatic rings. The molecule has 2 aromatic rings. The second kappa shape index (κ2) is 6.48. The summed E-state index contributed by atoms with van der Waals surface area (Å²) >= 11 is 5.32. The number of hydrogen-bond acceptors (Lipinski definition) is 4. The van der Waals surface area contributed by atoms with Gasteiger partial charge in [0.2, 0.25) is 0 Å². The van der Waals surface area contributed by atoms with Crippen molar-refractivity contribution in [3.05, 3.63) is 28.9 Å². The van der Waals surface area contributed by atoms with Gasteiger partial charge in [0.05, 0.1) is 11.2 Å². The summed E-state index contributed by atoms with van der Waals surface area (Å²) in [6.07, 6.45) is 5.07. The standard InChI is InChI=1S/C14H18BrN3S/c1-9(19-2)5-6-17-13-4-3-12(16)11-7-10(15)8-18-14(11)13/h3-4,7-9,17H,5-6,16H2,1-2H3. The lowest BCUT2D eigenvalue weighted by Gasteiger charge is -2.13. The SMILES string of the molecule is CSC(C)CCNc1ccc(N)c2cc(Br)cnc12. The van der Waals surface area contributed by atoms with Gasteiger partial charge in [0.1, 0.15) is 0 Å². The molecule has 0 spiro atoms. The van der Waals surface area contributed by atoms with Crippen LogP contribution in [0, 0.1) is 0 Å². The molecule has 0 aliphatic heterocycles. The van der Waals surface area contributed by atoms with Crippen LogP contribution >= 0.6 is 27.7 Å². The third kappa shape index (κ3) is 3.54. The molecule has 2 rings (SSSR count). The maximum absolute atomic E-state index is 6.00. The van der Waals surface area contributed by atoms with Crippen LogP contribution in [-0.2, 0) is 0 Å². The van der Waals surface area contributed by atoms with E-state index in [0.29, 0.717) is 5.25 Å². The first-order chi connectivity index (χ1) is 9.11. The topological polar surface area (TPSA) is 50.9 Å². The zero-order valence-electron chi connectivity index (χ0n) is 11.1. The van der Waals surface area contributed by atoms with Crippen LogP contribution in [0.25, 0.3) is 10.9 Å². The van der Waals surface area contributed by atoms with Crippen LogP contribution in [0.15, 0.2) is 28.9 Å². The first-order valence-corrected chi connectivity index (χ1v) is 8.30. The van der Waals surface area contributed by atoms with E-state index in [0.717, 1.165) is 39.7 Å². The number of nitrogens with zero attached hydrogens (tertiary/aromatic N) is 1. The second-order valence-electron chi connectivity index (χ2n) is 4.51.